The van der Waals surface area contributed by atoms with Crippen molar-refractivity contribution >= 4 is 0 Å². The van der Waals surface area contributed by atoms with Gasteiger partial charge >= 0.3 is 0 Å². The summed E-state index contributed by atoms with van der Waals surface area (Å²) >= 11 is 0. The molecular weight excluding hydrogens is 166 g/mol. The molecule has 4 heteroatoms. The monoisotopic (exact) mass is 171 g/mol. The maximum Gasteiger partial charge on any atom is 0.236 e. The maximum atomic E-state index is 8.50. The van der Waals surface area contributed by atoms with Gasteiger partial charge < -0.3 is 4.52 Å². The first-order valence-corrected chi connectivity index (χ1v) is 3.67. The normalized spacial score (nSPS) is 9.46. The van der Waals surface area contributed by atoms with E-state index >= 15 is 0 Å². The molecule has 0 atom stereocenters. The summed E-state index contributed by atoms with van der Waals surface area (Å²) in [5, 5.41) is 12.2. The molecule has 0 unspecified atom stereocenters. The van der Waals surface area contributed by atoms with Crippen molar-refractivity contribution in [3.63, 3.8) is 0 Å². The fourth-order valence-corrected chi connectivity index (χ4v) is 0.978. The van der Waals surface area contributed by atoms with E-state index in [1.54, 1.807) is 24.5 Å². The van der Waals surface area contributed by atoms with Gasteiger partial charge in [-0.1, -0.05) is 5.16 Å². The van der Waals surface area contributed by atoms with E-state index in [1.807, 2.05) is 12.1 Å². The Morgan fingerprint density at radius 2 is 2.38 bits per heavy atom. The van der Waals surface area contributed by atoms with Crippen LogP contribution in [0.5, 0.6) is 0 Å². The van der Waals surface area contributed by atoms with Crippen LogP contribution in [0.15, 0.2) is 35.1 Å². The summed E-state index contributed by atoms with van der Waals surface area (Å²) in [6.45, 7) is 0. The molecule has 2 rings (SSSR count). The molecular formula is C9H5N3O. The second-order valence-electron chi connectivity index (χ2n) is 2.43. The van der Waals surface area contributed by atoms with Gasteiger partial charge in [-0.2, -0.15) is 5.26 Å². The highest BCUT2D eigenvalue weighted by molar-refractivity contribution is 5.57. The van der Waals surface area contributed by atoms with Gasteiger partial charge in [-0.25, -0.2) is 0 Å². The summed E-state index contributed by atoms with van der Waals surface area (Å²) in [4.78, 5) is 3.93. The van der Waals surface area contributed by atoms with Crippen molar-refractivity contribution in [2.45, 2.75) is 0 Å². The molecule has 0 saturated heterocycles. The molecule has 0 spiro atoms. The molecule has 0 amide bonds. The van der Waals surface area contributed by atoms with Crippen LogP contribution < -0.4 is 0 Å². The minimum absolute atomic E-state index is 0.207. The molecule has 0 N–H and O–H groups in total. The highest BCUT2D eigenvalue weighted by Crippen LogP contribution is 2.16. The van der Waals surface area contributed by atoms with E-state index in [1.165, 1.54) is 0 Å². The molecule has 0 saturated carbocycles. The Morgan fingerprint density at radius 1 is 1.46 bits per heavy atom. The lowest BCUT2D eigenvalue weighted by molar-refractivity contribution is 0.412. The van der Waals surface area contributed by atoms with Crippen LogP contribution in [0.4, 0.5) is 0 Å². The van der Waals surface area contributed by atoms with Crippen LogP contribution in [0.25, 0.3) is 11.3 Å². The molecule has 0 aromatic carbocycles. The average Bonchev–Trinajstić information content (AvgIpc) is 2.67. The van der Waals surface area contributed by atoms with Crippen LogP contribution in [0, 0.1) is 11.3 Å². The highest BCUT2D eigenvalue weighted by atomic mass is 16.5. The number of nitrogens with zero attached hydrogens (tertiary/aromatic N) is 3. The van der Waals surface area contributed by atoms with E-state index in [4.69, 9.17) is 9.78 Å². The fourth-order valence-electron chi connectivity index (χ4n) is 0.978. The Kier molecular flexibility index (Phi) is 1.77. The number of pyridine rings is 1. The van der Waals surface area contributed by atoms with Crippen LogP contribution in [-0.2, 0) is 0 Å². The second kappa shape index (κ2) is 3.07. The van der Waals surface area contributed by atoms with E-state index in [0.29, 0.717) is 5.69 Å². The lowest BCUT2D eigenvalue weighted by Gasteiger charge is -1.90. The quantitative estimate of drug-likeness (QED) is 0.653. The van der Waals surface area contributed by atoms with Crippen molar-refractivity contribution < 1.29 is 4.52 Å². The molecule has 2 aromatic rings. The van der Waals surface area contributed by atoms with Crippen LogP contribution in [0.1, 0.15) is 5.76 Å². The lowest BCUT2D eigenvalue weighted by atomic mass is 10.2. The summed E-state index contributed by atoms with van der Waals surface area (Å²) < 4.78 is 4.73. The van der Waals surface area contributed by atoms with Gasteiger partial charge in [0.2, 0.25) is 5.76 Å². The predicted molar refractivity (Wildman–Crippen MR) is 44.4 cm³/mol. The van der Waals surface area contributed by atoms with E-state index in [0.717, 1.165) is 5.56 Å². The molecule has 0 fully saturated rings. The zero-order valence-corrected chi connectivity index (χ0v) is 6.64. The zero-order valence-electron chi connectivity index (χ0n) is 6.64. The first-order valence-electron chi connectivity index (χ1n) is 3.67. The van der Waals surface area contributed by atoms with E-state index in [-0.39, 0.29) is 5.76 Å². The Morgan fingerprint density at radius 3 is 3.00 bits per heavy atom. The van der Waals surface area contributed by atoms with Crippen molar-refractivity contribution in [2.75, 3.05) is 0 Å². The van der Waals surface area contributed by atoms with Crippen molar-refractivity contribution in [3.8, 4) is 17.3 Å². The van der Waals surface area contributed by atoms with Crippen LogP contribution >= 0.6 is 0 Å². The van der Waals surface area contributed by atoms with Crippen molar-refractivity contribution in [3.05, 3.63) is 36.4 Å². The summed E-state index contributed by atoms with van der Waals surface area (Å²) in [7, 11) is 0. The van der Waals surface area contributed by atoms with Crippen molar-refractivity contribution in [2.24, 2.45) is 0 Å². The van der Waals surface area contributed by atoms with Gasteiger partial charge in [0.1, 0.15) is 11.8 Å². The Labute approximate surface area is 74.4 Å². The summed E-state index contributed by atoms with van der Waals surface area (Å²) in [5.41, 5.74) is 1.47. The maximum absolute atomic E-state index is 8.50. The van der Waals surface area contributed by atoms with Crippen molar-refractivity contribution in [1.82, 2.24) is 10.1 Å². The number of aromatic nitrogens is 2. The van der Waals surface area contributed by atoms with E-state index in [9.17, 15) is 0 Å². The fraction of sp³-hybridized carbons (Fsp3) is 0. The molecule has 13 heavy (non-hydrogen) atoms. The molecule has 4 nitrogen and oxygen atoms in total. The largest absolute Gasteiger partial charge is 0.345 e. The Bertz CT molecular complexity index is 441. The van der Waals surface area contributed by atoms with Crippen LogP contribution in [-0.4, -0.2) is 10.1 Å². The van der Waals surface area contributed by atoms with Gasteiger partial charge in [-0.3, -0.25) is 4.98 Å². The number of rotatable bonds is 1. The third-order valence-electron chi connectivity index (χ3n) is 1.58. The molecule has 0 radical (unpaired) electrons. The van der Waals surface area contributed by atoms with Gasteiger partial charge in [0.25, 0.3) is 0 Å². The molecule has 2 aromatic heterocycles. The zero-order chi connectivity index (χ0) is 9.10. The first-order chi connectivity index (χ1) is 6.40. The molecule has 0 aliphatic heterocycles. The molecule has 0 aliphatic rings. The van der Waals surface area contributed by atoms with Crippen LogP contribution in [0.2, 0.25) is 0 Å². The summed E-state index contributed by atoms with van der Waals surface area (Å²) in [6, 6.07) is 7.10. The standard InChI is InChI=1S/C9H5N3O/c10-5-8-4-9(12-13-8)7-2-1-3-11-6-7/h1-4,6H. The van der Waals surface area contributed by atoms with E-state index < -0.39 is 0 Å². The van der Waals surface area contributed by atoms with Crippen molar-refractivity contribution in [1.29, 1.82) is 5.26 Å². The molecule has 0 aliphatic carbocycles. The Hall–Kier alpha value is -2.15. The first kappa shape index (κ1) is 7.50. The second-order valence-corrected chi connectivity index (χ2v) is 2.43. The van der Waals surface area contributed by atoms with Gasteiger partial charge in [-0.05, 0) is 12.1 Å². The highest BCUT2D eigenvalue weighted by Gasteiger charge is 2.04. The van der Waals surface area contributed by atoms with Gasteiger partial charge in [0.15, 0.2) is 0 Å². The van der Waals surface area contributed by atoms with Crippen LogP contribution in [0.3, 0.4) is 0 Å². The topological polar surface area (TPSA) is 62.7 Å². The molecule has 2 heterocycles. The minimum atomic E-state index is 0.207. The average molecular weight is 171 g/mol. The third kappa shape index (κ3) is 1.40. The number of nitriles is 1. The van der Waals surface area contributed by atoms with Gasteiger partial charge in [0.05, 0.1) is 0 Å². The minimum Gasteiger partial charge on any atom is -0.345 e. The predicted octanol–water partition coefficient (Wildman–Crippen LogP) is 1.61. The Balaban J connectivity index is 2.43. The molecule has 62 valence electrons. The van der Waals surface area contributed by atoms with Gasteiger partial charge in [0, 0.05) is 24.0 Å². The summed E-state index contributed by atoms with van der Waals surface area (Å²) in [6.07, 6.45) is 3.34. The third-order valence-corrected chi connectivity index (χ3v) is 1.58. The number of hydrogen-bond acceptors (Lipinski definition) is 4. The summed E-state index contributed by atoms with van der Waals surface area (Å²) in [5.74, 6) is 0.207. The number of hydrogen-bond donors (Lipinski definition) is 0. The van der Waals surface area contributed by atoms with E-state index in [2.05, 4.69) is 10.1 Å². The smallest absolute Gasteiger partial charge is 0.236 e. The lowest BCUT2D eigenvalue weighted by Crippen LogP contribution is -1.76. The molecule has 0 bridgehead atoms. The SMILES string of the molecule is N#Cc1cc(-c2cccnc2)no1. The van der Waals surface area contributed by atoms with Gasteiger partial charge in [-0.15, -0.1) is 0 Å².